The van der Waals surface area contributed by atoms with E-state index in [1.165, 1.54) is 19.2 Å². The number of benzene rings is 1. The third-order valence-corrected chi connectivity index (χ3v) is 1.68. The van der Waals surface area contributed by atoms with Gasteiger partial charge in [-0.3, -0.25) is 0 Å². The molecule has 13 heavy (non-hydrogen) atoms. The lowest BCUT2D eigenvalue weighted by Crippen LogP contribution is -2.16. The maximum absolute atomic E-state index is 12.8. The van der Waals surface area contributed by atoms with Gasteiger partial charge in [-0.05, 0) is 17.7 Å². The number of methoxy groups -OCH3 is 1. The molecule has 3 nitrogen and oxygen atoms in total. The molecule has 0 aromatic heterocycles. The van der Waals surface area contributed by atoms with Gasteiger partial charge in [0, 0.05) is 13.2 Å². The maximum Gasteiger partial charge on any atom is 0.127 e. The van der Waals surface area contributed by atoms with Crippen LogP contribution in [0.15, 0.2) is 18.2 Å². The van der Waals surface area contributed by atoms with Gasteiger partial charge in [-0.15, -0.1) is 0 Å². The van der Waals surface area contributed by atoms with Crippen LogP contribution in [0.1, 0.15) is 11.6 Å². The van der Waals surface area contributed by atoms with Gasteiger partial charge in [0.25, 0.3) is 0 Å². The number of rotatable bonds is 3. The summed E-state index contributed by atoms with van der Waals surface area (Å²) in [6.07, 6.45) is 0. The fraction of sp³-hybridized carbons (Fsp3) is 0.333. The zero-order valence-electron chi connectivity index (χ0n) is 7.33. The van der Waals surface area contributed by atoms with Crippen LogP contribution < -0.4 is 5.73 Å². The molecule has 1 aromatic rings. The fourth-order valence-corrected chi connectivity index (χ4v) is 1.09. The number of ether oxygens (including phenoxy) is 1. The minimum absolute atomic E-state index is 0.124. The molecule has 3 N–H and O–H groups in total. The number of phenols is 1. The monoisotopic (exact) mass is 185 g/mol. The summed E-state index contributed by atoms with van der Waals surface area (Å²) in [5.74, 6) is -0.622. The van der Waals surface area contributed by atoms with Crippen molar-refractivity contribution in [3.05, 3.63) is 29.6 Å². The summed E-state index contributed by atoms with van der Waals surface area (Å²) in [5.41, 5.74) is 6.17. The summed E-state index contributed by atoms with van der Waals surface area (Å²) >= 11 is 0. The van der Waals surface area contributed by atoms with Crippen LogP contribution in [-0.4, -0.2) is 18.8 Å². The van der Waals surface area contributed by atoms with Gasteiger partial charge in [0.05, 0.1) is 12.6 Å². The number of halogens is 1. The SMILES string of the molecule is COC[C@H](N)c1cc(O)cc(F)c1. The van der Waals surface area contributed by atoms with Crippen LogP contribution in [0.4, 0.5) is 4.39 Å². The van der Waals surface area contributed by atoms with Gasteiger partial charge < -0.3 is 15.6 Å². The second kappa shape index (κ2) is 4.20. The number of phenolic OH excluding ortho intramolecular Hbond substituents is 1. The van der Waals surface area contributed by atoms with Gasteiger partial charge in [0.15, 0.2) is 0 Å². The highest BCUT2D eigenvalue weighted by Gasteiger charge is 2.07. The molecule has 0 aliphatic carbocycles. The van der Waals surface area contributed by atoms with Crippen molar-refractivity contribution >= 4 is 0 Å². The Balaban J connectivity index is 2.87. The van der Waals surface area contributed by atoms with E-state index < -0.39 is 11.9 Å². The predicted octanol–water partition coefficient (Wildman–Crippen LogP) is 1.18. The van der Waals surface area contributed by atoms with Gasteiger partial charge in [-0.2, -0.15) is 0 Å². The Bertz CT molecular complexity index is 271. The molecular weight excluding hydrogens is 173 g/mol. The summed E-state index contributed by atoms with van der Waals surface area (Å²) in [6, 6.07) is 3.32. The highest BCUT2D eigenvalue weighted by atomic mass is 19.1. The molecule has 0 heterocycles. The average molecular weight is 185 g/mol. The Morgan fingerprint density at radius 3 is 2.77 bits per heavy atom. The highest BCUT2D eigenvalue weighted by Crippen LogP contribution is 2.19. The average Bonchev–Trinajstić information content (AvgIpc) is 2.03. The Hall–Kier alpha value is -1.13. The summed E-state index contributed by atoms with van der Waals surface area (Å²) in [4.78, 5) is 0. The van der Waals surface area contributed by atoms with Gasteiger partial charge in [0.1, 0.15) is 11.6 Å². The van der Waals surface area contributed by atoms with Gasteiger partial charge in [-0.25, -0.2) is 4.39 Å². The number of hydrogen-bond donors (Lipinski definition) is 2. The zero-order chi connectivity index (χ0) is 9.84. The van der Waals surface area contributed by atoms with E-state index in [4.69, 9.17) is 15.6 Å². The predicted molar refractivity (Wildman–Crippen MR) is 46.9 cm³/mol. The number of aromatic hydroxyl groups is 1. The minimum atomic E-state index is -0.499. The lowest BCUT2D eigenvalue weighted by atomic mass is 10.1. The standard InChI is InChI=1S/C9H12FNO2/c1-13-5-9(11)6-2-7(10)4-8(12)3-6/h2-4,9,12H,5,11H2,1H3/t9-/m0/s1. The Labute approximate surface area is 75.9 Å². The number of nitrogens with two attached hydrogens (primary N) is 1. The first kappa shape index (κ1) is 9.95. The first-order chi connectivity index (χ1) is 6.13. The third-order valence-electron chi connectivity index (χ3n) is 1.68. The van der Waals surface area contributed by atoms with E-state index in [-0.39, 0.29) is 5.75 Å². The molecule has 0 amide bonds. The largest absolute Gasteiger partial charge is 0.508 e. The highest BCUT2D eigenvalue weighted by molar-refractivity contribution is 5.30. The van der Waals surface area contributed by atoms with Crippen molar-refractivity contribution in [2.75, 3.05) is 13.7 Å². The molecule has 0 bridgehead atoms. The van der Waals surface area contributed by atoms with Crippen LogP contribution in [0.25, 0.3) is 0 Å². The molecule has 0 unspecified atom stereocenters. The lowest BCUT2D eigenvalue weighted by Gasteiger charge is -2.10. The van der Waals surface area contributed by atoms with Crippen molar-refractivity contribution in [2.45, 2.75) is 6.04 Å². The molecule has 4 heteroatoms. The molecule has 0 radical (unpaired) electrons. The topological polar surface area (TPSA) is 55.5 Å². The van der Waals surface area contributed by atoms with Crippen LogP contribution in [0.3, 0.4) is 0 Å². The molecule has 0 aliphatic heterocycles. The Morgan fingerprint density at radius 2 is 2.23 bits per heavy atom. The molecule has 1 rings (SSSR count). The summed E-state index contributed by atoms with van der Waals surface area (Å²) in [6.45, 7) is 0.295. The molecule has 0 spiro atoms. The van der Waals surface area contributed by atoms with Crippen molar-refractivity contribution in [1.29, 1.82) is 0 Å². The van der Waals surface area contributed by atoms with Crippen LogP contribution in [-0.2, 0) is 4.74 Å². The molecule has 1 atom stereocenters. The van der Waals surface area contributed by atoms with Crippen molar-refractivity contribution in [1.82, 2.24) is 0 Å². The molecule has 0 saturated heterocycles. The van der Waals surface area contributed by atoms with Crippen LogP contribution in [0.5, 0.6) is 5.75 Å². The van der Waals surface area contributed by atoms with Crippen molar-refractivity contribution in [3.8, 4) is 5.75 Å². The quantitative estimate of drug-likeness (QED) is 0.743. The van der Waals surface area contributed by atoms with E-state index in [1.54, 1.807) is 0 Å². The van der Waals surface area contributed by atoms with Crippen LogP contribution in [0, 0.1) is 5.82 Å². The van der Waals surface area contributed by atoms with Crippen molar-refractivity contribution < 1.29 is 14.2 Å². The molecule has 0 saturated carbocycles. The van der Waals surface area contributed by atoms with Crippen molar-refractivity contribution in [2.24, 2.45) is 5.73 Å². The van der Waals surface area contributed by atoms with E-state index in [9.17, 15) is 4.39 Å². The minimum Gasteiger partial charge on any atom is -0.508 e. The van der Waals surface area contributed by atoms with Crippen LogP contribution in [0.2, 0.25) is 0 Å². The normalized spacial score (nSPS) is 12.8. The second-order valence-corrected chi connectivity index (χ2v) is 2.80. The van der Waals surface area contributed by atoms with E-state index in [0.29, 0.717) is 12.2 Å². The second-order valence-electron chi connectivity index (χ2n) is 2.80. The molecule has 0 fully saturated rings. The molecular formula is C9H12FNO2. The summed E-state index contributed by atoms with van der Waals surface area (Å²) in [5, 5.41) is 9.07. The first-order valence-corrected chi connectivity index (χ1v) is 3.87. The first-order valence-electron chi connectivity index (χ1n) is 3.87. The number of hydrogen-bond acceptors (Lipinski definition) is 3. The zero-order valence-corrected chi connectivity index (χ0v) is 7.33. The van der Waals surface area contributed by atoms with Crippen LogP contribution >= 0.6 is 0 Å². The van der Waals surface area contributed by atoms with Gasteiger partial charge >= 0.3 is 0 Å². The van der Waals surface area contributed by atoms with E-state index in [2.05, 4.69) is 0 Å². The van der Waals surface area contributed by atoms with E-state index >= 15 is 0 Å². The molecule has 1 aromatic carbocycles. The van der Waals surface area contributed by atoms with Gasteiger partial charge in [0.2, 0.25) is 0 Å². The maximum atomic E-state index is 12.8. The van der Waals surface area contributed by atoms with E-state index in [0.717, 1.165) is 6.07 Å². The Morgan fingerprint density at radius 1 is 1.54 bits per heavy atom. The van der Waals surface area contributed by atoms with Gasteiger partial charge in [-0.1, -0.05) is 0 Å². The van der Waals surface area contributed by atoms with E-state index in [1.807, 2.05) is 0 Å². The molecule has 72 valence electrons. The summed E-state index contributed by atoms with van der Waals surface area (Å²) < 4.78 is 17.6. The molecule has 0 aliphatic rings. The lowest BCUT2D eigenvalue weighted by molar-refractivity contribution is 0.180. The fourth-order valence-electron chi connectivity index (χ4n) is 1.09. The Kier molecular flexibility index (Phi) is 3.22. The third kappa shape index (κ3) is 2.68. The van der Waals surface area contributed by atoms with Crippen molar-refractivity contribution in [3.63, 3.8) is 0 Å². The smallest absolute Gasteiger partial charge is 0.127 e. The summed E-state index contributed by atoms with van der Waals surface area (Å²) in [7, 11) is 1.51.